The van der Waals surface area contributed by atoms with Gasteiger partial charge in [0.2, 0.25) is 0 Å². The quantitative estimate of drug-likeness (QED) is 0.860. The Labute approximate surface area is 113 Å². The van der Waals surface area contributed by atoms with Crippen molar-refractivity contribution in [2.24, 2.45) is 0 Å². The number of anilines is 2. The molecule has 0 aliphatic rings. The van der Waals surface area contributed by atoms with Gasteiger partial charge in [0, 0.05) is 4.47 Å². The Balaban J connectivity index is 2.32. The average molecular weight is 314 g/mol. The molecular weight excluding hydrogens is 304 g/mol. The molecule has 0 saturated carbocycles. The first-order valence-electron chi connectivity index (χ1n) is 4.92. The molecule has 0 aliphatic carbocycles. The van der Waals surface area contributed by atoms with Crippen molar-refractivity contribution < 1.29 is 4.74 Å². The Bertz CT molecular complexity index is 534. The van der Waals surface area contributed by atoms with Gasteiger partial charge in [-0.1, -0.05) is 33.6 Å². The highest BCUT2D eigenvalue weighted by molar-refractivity contribution is 9.10. The Morgan fingerprint density at radius 2 is 2.12 bits per heavy atom. The number of ether oxygens (including phenoxy) is 1. The van der Waals surface area contributed by atoms with Crippen molar-refractivity contribution in [1.82, 2.24) is 4.98 Å². The first-order chi connectivity index (χ1) is 8.19. The van der Waals surface area contributed by atoms with E-state index in [2.05, 4.69) is 26.2 Å². The van der Waals surface area contributed by atoms with Gasteiger partial charge >= 0.3 is 0 Å². The van der Waals surface area contributed by atoms with Crippen molar-refractivity contribution in [3.63, 3.8) is 0 Å². The zero-order valence-corrected chi connectivity index (χ0v) is 11.4. The van der Waals surface area contributed by atoms with Gasteiger partial charge in [0.15, 0.2) is 0 Å². The van der Waals surface area contributed by atoms with E-state index in [0.29, 0.717) is 11.0 Å². The third-order valence-corrected chi connectivity index (χ3v) is 2.84. The van der Waals surface area contributed by atoms with Crippen LogP contribution < -0.4 is 10.1 Å². The number of nitrogens with one attached hydrogen (secondary N) is 1. The summed E-state index contributed by atoms with van der Waals surface area (Å²) in [7, 11) is 1.62. The van der Waals surface area contributed by atoms with Crippen molar-refractivity contribution >= 4 is 39.0 Å². The second-order valence-corrected chi connectivity index (χ2v) is 4.62. The number of halogens is 2. The second-order valence-electron chi connectivity index (χ2n) is 3.32. The van der Waals surface area contributed by atoms with Crippen LogP contribution in [0.3, 0.4) is 0 Å². The van der Waals surface area contributed by atoms with Gasteiger partial charge in [-0.05, 0) is 30.3 Å². The topological polar surface area (TPSA) is 34.1 Å². The molecule has 0 saturated heterocycles. The second kappa shape index (κ2) is 5.38. The predicted molar refractivity (Wildman–Crippen MR) is 73.2 cm³/mol. The number of aromatic nitrogens is 1. The molecule has 0 atom stereocenters. The number of pyridine rings is 1. The van der Waals surface area contributed by atoms with Crippen LogP contribution in [-0.4, -0.2) is 12.1 Å². The third kappa shape index (κ3) is 3.11. The molecule has 3 nitrogen and oxygen atoms in total. The monoisotopic (exact) mass is 312 g/mol. The highest BCUT2D eigenvalue weighted by atomic mass is 79.9. The van der Waals surface area contributed by atoms with Gasteiger partial charge in [-0.15, -0.1) is 0 Å². The Morgan fingerprint density at radius 1 is 1.29 bits per heavy atom. The lowest BCUT2D eigenvalue weighted by molar-refractivity contribution is 0.416. The summed E-state index contributed by atoms with van der Waals surface area (Å²) in [6.07, 6.45) is 0. The summed E-state index contributed by atoms with van der Waals surface area (Å²) in [5.41, 5.74) is 0.830. The minimum absolute atomic E-state index is 0.448. The van der Waals surface area contributed by atoms with E-state index < -0.39 is 0 Å². The minimum Gasteiger partial charge on any atom is -0.495 e. The van der Waals surface area contributed by atoms with Gasteiger partial charge < -0.3 is 10.1 Å². The van der Waals surface area contributed by atoms with Crippen LogP contribution in [0.15, 0.2) is 40.9 Å². The molecule has 0 amide bonds. The van der Waals surface area contributed by atoms with Crippen molar-refractivity contribution in [2.75, 3.05) is 12.4 Å². The van der Waals surface area contributed by atoms with Crippen molar-refractivity contribution in [2.45, 2.75) is 0 Å². The molecule has 1 aromatic carbocycles. The minimum atomic E-state index is 0.448. The normalized spacial score (nSPS) is 10.1. The van der Waals surface area contributed by atoms with Crippen LogP contribution in [0, 0.1) is 0 Å². The zero-order chi connectivity index (χ0) is 12.3. The summed E-state index contributed by atoms with van der Waals surface area (Å²) in [6, 6.07) is 11.1. The first-order valence-corrected chi connectivity index (χ1v) is 6.09. The number of hydrogen-bond acceptors (Lipinski definition) is 3. The van der Waals surface area contributed by atoms with Gasteiger partial charge in [-0.25, -0.2) is 4.98 Å². The van der Waals surface area contributed by atoms with Crippen LogP contribution in [0.4, 0.5) is 11.5 Å². The number of hydrogen-bond donors (Lipinski definition) is 1. The van der Waals surface area contributed by atoms with Crippen molar-refractivity contribution in [3.8, 4) is 5.75 Å². The molecule has 88 valence electrons. The molecule has 2 aromatic rings. The van der Waals surface area contributed by atoms with E-state index in [4.69, 9.17) is 16.3 Å². The van der Waals surface area contributed by atoms with Gasteiger partial charge in [0.05, 0.1) is 12.8 Å². The molecule has 0 bridgehead atoms. The summed E-state index contributed by atoms with van der Waals surface area (Å²) in [5, 5.41) is 3.60. The maximum Gasteiger partial charge on any atom is 0.142 e. The number of methoxy groups -OCH3 is 1. The lowest BCUT2D eigenvalue weighted by atomic mass is 10.3. The SMILES string of the molecule is COc1ccc(Br)cc1Nc1cccc(Cl)n1. The van der Waals surface area contributed by atoms with Gasteiger partial charge in [-0.2, -0.15) is 0 Å². The van der Waals surface area contributed by atoms with Gasteiger partial charge in [-0.3, -0.25) is 0 Å². The third-order valence-electron chi connectivity index (χ3n) is 2.14. The van der Waals surface area contributed by atoms with E-state index in [9.17, 15) is 0 Å². The molecule has 1 aromatic heterocycles. The molecular formula is C12H10BrClN2O. The Hall–Kier alpha value is -1.26. The molecule has 1 heterocycles. The van der Waals surface area contributed by atoms with Crippen LogP contribution in [0.5, 0.6) is 5.75 Å². The van der Waals surface area contributed by atoms with Crippen LogP contribution in [-0.2, 0) is 0 Å². The summed E-state index contributed by atoms with van der Waals surface area (Å²) < 4.78 is 6.22. The van der Waals surface area contributed by atoms with Crippen molar-refractivity contribution in [3.05, 3.63) is 46.0 Å². The molecule has 17 heavy (non-hydrogen) atoms. The largest absolute Gasteiger partial charge is 0.495 e. The van der Waals surface area contributed by atoms with E-state index in [1.807, 2.05) is 30.3 Å². The Morgan fingerprint density at radius 3 is 2.82 bits per heavy atom. The van der Waals surface area contributed by atoms with Crippen LogP contribution in [0.2, 0.25) is 5.15 Å². The molecule has 0 fully saturated rings. The van der Waals surface area contributed by atoms with E-state index >= 15 is 0 Å². The number of nitrogens with zero attached hydrogens (tertiary/aromatic N) is 1. The van der Waals surface area contributed by atoms with Crippen LogP contribution in [0.25, 0.3) is 0 Å². The fourth-order valence-corrected chi connectivity index (χ4v) is 1.92. The van der Waals surface area contributed by atoms with E-state index in [1.54, 1.807) is 13.2 Å². The maximum atomic E-state index is 5.82. The molecule has 2 rings (SSSR count). The van der Waals surface area contributed by atoms with Gasteiger partial charge in [0.1, 0.15) is 16.7 Å². The van der Waals surface area contributed by atoms with E-state index in [-0.39, 0.29) is 0 Å². The molecule has 0 radical (unpaired) electrons. The molecule has 0 aliphatic heterocycles. The van der Waals surface area contributed by atoms with E-state index in [0.717, 1.165) is 15.9 Å². The summed E-state index contributed by atoms with van der Waals surface area (Å²) >= 11 is 9.24. The standard InChI is InChI=1S/C12H10BrClN2O/c1-17-10-6-5-8(13)7-9(10)15-12-4-2-3-11(14)16-12/h2-7H,1H3,(H,15,16). The first kappa shape index (κ1) is 12.2. The summed E-state index contributed by atoms with van der Waals surface area (Å²) in [6.45, 7) is 0. The number of rotatable bonds is 3. The predicted octanol–water partition coefficient (Wildman–Crippen LogP) is 4.25. The Kier molecular flexibility index (Phi) is 3.86. The van der Waals surface area contributed by atoms with E-state index in [1.165, 1.54) is 0 Å². The molecule has 0 unspecified atom stereocenters. The highest BCUT2D eigenvalue weighted by Gasteiger charge is 2.04. The fraction of sp³-hybridized carbons (Fsp3) is 0.0833. The molecule has 5 heteroatoms. The molecule has 1 N–H and O–H groups in total. The summed E-state index contributed by atoms with van der Waals surface area (Å²) in [4.78, 5) is 4.16. The maximum absolute atomic E-state index is 5.82. The highest BCUT2D eigenvalue weighted by Crippen LogP contribution is 2.30. The van der Waals surface area contributed by atoms with Crippen molar-refractivity contribution in [1.29, 1.82) is 0 Å². The zero-order valence-electron chi connectivity index (χ0n) is 9.08. The van der Waals surface area contributed by atoms with Gasteiger partial charge in [0.25, 0.3) is 0 Å². The molecule has 0 spiro atoms. The lowest BCUT2D eigenvalue weighted by Gasteiger charge is -2.10. The summed E-state index contributed by atoms with van der Waals surface area (Å²) in [5.74, 6) is 1.42. The average Bonchev–Trinajstić information content (AvgIpc) is 2.29. The van der Waals surface area contributed by atoms with Crippen LogP contribution in [0.1, 0.15) is 0 Å². The number of benzene rings is 1. The van der Waals surface area contributed by atoms with Crippen LogP contribution >= 0.6 is 27.5 Å². The lowest BCUT2D eigenvalue weighted by Crippen LogP contribution is -1.96. The fourth-order valence-electron chi connectivity index (χ4n) is 1.39. The smallest absolute Gasteiger partial charge is 0.142 e.